The number of urea groups is 1. The van der Waals surface area contributed by atoms with Gasteiger partial charge in [-0.3, -0.25) is 14.4 Å². The van der Waals surface area contributed by atoms with Gasteiger partial charge >= 0.3 is 6.03 Å². The second-order valence-corrected chi connectivity index (χ2v) is 8.83. The van der Waals surface area contributed by atoms with Crippen molar-refractivity contribution < 1.29 is 18.0 Å². The molecule has 1 fully saturated rings. The maximum Gasteiger partial charge on any atom is 0.321 e. The van der Waals surface area contributed by atoms with Crippen molar-refractivity contribution in [3.63, 3.8) is 0 Å². The summed E-state index contributed by atoms with van der Waals surface area (Å²) >= 11 is 0. The summed E-state index contributed by atoms with van der Waals surface area (Å²) in [6.07, 6.45) is 5.09. The van der Waals surface area contributed by atoms with Crippen molar-refractivity contribution in [3.05, 3.63) is 36.4 Å². The highest BCUT2D eigenvalue weighted by molar-refractivity contribution is 7.93. The smallest absolute Gasteiger partial charge is 0.321 e. The van der Waals surface area contributed by atoms with Crippen LogP contribution in [0.15, 0.2) is 41.3 Å². The highest BCUT2D eigenvalue weighted by atomic mass is 32.2. The molecule has 2 aromatic rings. The Labute approximate surface area is 157 Å². The topological polar surface area (TPSA) is 95.6 Å². The fourth-order valence-corrected chi connectivity index (χ4v) is 5.56. The first-order valence-corrected chi connectivity index (χ1v) is 10.6. The van der Waals surface area contributed by atoms with E-state index < -0.39 is 28.5 Å². The molecule has 8 heteroatoms. The molecule has 1 aliphatic carbocycles. The number of hydrogen-bond acceptors (Lipinski definition) is 4. The molecule has 1 saturated carbocycles. The Morgan fingerprint density at radius 3 is 2.48 bits per heavy atom. The van der Waals surface area contributed by atoms with Crippen LogP contribution in [0.25, 0.3) is 10.8 Å². The molecule has 1 heterocycles. The molecule has 7 nitrogen and oxygen atoms in total. The first-order valence-electron chi connectivity index (χ1n) is 9.11. The molecule has 0 unspecified atom stereocenters. The lowest BCUT2D eigenvalue weighted by atomic mass is 9.96. The molecular formula is C19H21N3O4S. The van der Waals surface area contributed by atoms with Crippen LogP contribution in [-0.4, -0.2) is 32.9 Å². The van der Waals surface area contributed by atoms with E-state index in [1.54, 1.807) is 18.2 Å². The highest BCUT2D eigenvalue weighted by Crippen LogP contribution is 2.41. The quantitative estimate of drug-likeness (QED) is 0.846. The average Bonchev–Trinajstić information content (AvgIpc) is 2.86. The van der Waals surface area contributed by atoms with Gasteiger partial charge in [0.25, 0.3) is 10.0 Å². The van der Waals surface area contributed by atoms with Crippen molar-refractivity contribution in [2.75, 3.05) is 10.8 Å². The number of rotatable bonds is 3. The number of carbonyl (C=O) groups excluding carboxylic acids is 2. The van der Waals surface area contributed by atoms with Gasteiger partial charge in [0.15, 0.2) is 0 Å². The zero-order valence-corrected chi connectivity index (χ0v) is 15.6. The molecule has 4 rings (SSSR count). The zero-order valence-electron chi connectivity index (χ0n) is 14.8. The molecule has 2 aliphatic rings. The Balaban J connectivity index is 1.49. The molecule has 27 heavy (non-hydrogen) atoms. The van der Waals surface area contributed by atoms with E-state index in [0.717, 1.165) is 41.8 Å². The van der Waals surface area contributed by atoms with Crippen molar-refractivity contribution in [1.29, 1.82) is 0 Å². The summed E-state index contributed by atoms with van der Waals surface area (Å²) < 4.78 is 26.8. The van der Waals surface area contributed by atoms with Gasteiger partial charge in [-0.2, -0.15) is 0 Å². The van der Waals surface area contributed by atoms with E-state index in [4.69, 9.17) is 0 Å². The summed E-state index contributed by atoms with van der Waals surface area (Å²) in [6.45, 7) is -0.436. The van der Waals surface area contributed by atoms with E-state index in [1.165, 1.54) is 6.07 Å². The van der Waals surface area contributed by atoms with Crippen LogP contribution >= 0.6 is 0 Å². The van der Waals surface area contributed by atoms with Crippen LogP contribution in [0.3, 0.4) is 0 Å². The first-order chi connectivity index (χ1) is 13.0. The fourth-order valence-electron chi connectivity index (χ4n) is 3.89. The van der Waals surface area contributed by atoms with Crippen LogP contribution < -0.4 is 14.9 Å². The molecule has 3 amide bonds. The summed E-state index contributed by atoms with van der Waals surface area (Å²) in [5.74, 6) is -0.656. The molecule has 0 saturated heterocycles. The lowest BCUT2D eigenvalue weighted by Gasteiger charge is -2.23. The molecule has 0 aromatic heterocycles. The summed E-state index contributed by atoms with van der Waals surface area (Å²) in [7, 11) is -3.82. The van der Waals surface area contributed by atoms with Crippen LogP contribution in [0.1, 0.15) is 32.1 Å². The number of hydrogen-bond donors (Lipinski definition) is 2. The summed E-state index contributed by atoms with van der Waals surface area (Å²) in [4.78, 5) is 24.6. The van der Waals surface area contributed by atoms with E-state index in [-0.39, 0.29) is 10.9 Å². The predicted octanol–water partition coefficient (Wildman–Crippen LogP) is 2.51. The Hall–Kier alpha value is -2.61. The summed E-state index contributed by atoms with van der Waals surface area (Å²) in [5, 5.41) is 6.46. The number of imide groups is 1. The zero-order chi connectivity index (χ0) is 19.0. The second kappa shape index (κ2) is 6.84. The van der Waals surface area contributed by atoms with Gasteiger partial charge in [0.2, 0.25) is 5.91 Å². The number of benzene rings is 2. The number of amides is 3. The van der Waals surface area contributed by atoms with Gasteiger partial charge in [-0.05, 0) is 30.4 Å². The van der Waals surface area contributed by atoms with Crippen molar-refractivity contribution in [2.45, 2.75) is 43.0 Å². The van der Waals surface area contributed by atoms with E-state index in [0.29, 0.717) is 11.1 Å². The molecule has 1 aliphatic heterocycles. The second-order valence-electron chi connectivity index (χ2n) is 7.00. The predicted molar refractivity (Wildman–Crippen MR) is 102 cm³/mol. The van der Waals surface area contributed by atoms with Crippen molar-refractivity contribution in [1.82, 2.24) is 10.6 Å². The molecule has 0 radical (unpaired) electrons. The monoisotopic (exact) mass is 387 g/mol. The third kappa shape index (κ3) is 3.25. The SMILES string of the molecule is O=C(CN1c2cccc3cccc(c23)S1(=O)=O)NC(=O)NC1CCCCC1. The molecule has 2 N–H and O–H groups in total. The Morgan fingerprint density at radius 2 is 1.74 bits per heavy atom. The number of carbonyl (C=O) groups is 2. The average molecular weight is 387 g/mol. The van der Waals surface area contributed by atoms with Gasteiger partial charge in [-0.25, -0.2) is 13.2 Å². The fraction of sp³-hybridized carbons (Fsp3) is 0.368. The minimum atomic E-state index is -3.82. The lowest BCUT2D eigenvalue weighted by Crippen LogP contribution is -2.48. The highest BCUT2D eigenvalue weighted by Gasteiger charge is 2.36. The Bertz CT molecular complexity index is 1010. The third-order valence-electron chi connectivity index (χ3n) is 5.16. The first kappa shape index (κ1) is 17.8. The standard InChI is InChI=1S/C19H21N3O4S/c23-17(21-19(24)20-14-8-2-1-3-9-14)12-22-15-10-4-6-13-7-5-11-16(18(13)15)27(22,25)26/h4-7,10-11,14H,1-3,8-9,12H2,(H2,20,21,23,24). The third-order valence-corrected chi connectivity index (χ3v) is 6.96. The molecular weight excluding hydrogens is 366 g/mol. The van der Waals surface area contributed by atoms with Crippen molar-refractivity contribution >= 4 is 38.4 Å². The van der Waals surface area contributed by atoms with Crippen molar-refractivity contribution in [2.24, 2.45) is 0 Å². The van der Waals surface area contributed by atoms with E-state index in [2.05, 4.69) is 10.6 Å². The minimum Gasteiger partial charge on any atom is -0.335 e. The largest absolute Gasteiger partial charge is 0.335 e. The van der Waals surface area contributed by atoms with E-state index >= 15 is 0 Å². The maximum absolute atomic E-state index is 12.8. The number of nitrogens with zero attached hydrogens (tertiary/aromatic N) is 1. The maximum atomic E-state index is 12.8. The Kier molecular flexibility index (Phi) is 4.51. The Morgan fingerprint density at radius 1 is 1.04 bits per heavy atom. The van der Waals surface area contributed by atoms with Gasteiger partial charge in [-0.15, -0.1) is 0 Å². The van der Waals surface area contributed by atoms with Gasteiger partial charge in [-0.1, -0.05) is 43.5 Å². The normalized spacial score (nSPS) is 18.4. The molecule has 0 atom stereocenters. The van der Waals surface area contributed by atoms with E-state index in [9.17, 15) is 18.0 Å². The lowest BCUT2D eigenvalue weighted by molar-refractivity contribution is -0.118. The summed E-state index contributed by atoms with van der Waals surface area (Å²) in [6, 6.07) is 9.81. The van der Waals surface area contributed by atoms with Crippen LogP contribution in [0.4, 0.5) is 10.5 Å². The number of nitrogens with one attached hydrogen (secondary N) is 2. The van der Waals surface area contributed by atoms with Gasteiger partial charge < -0.3 is 5.32 Å². The van der Waals surface area contributed by atoms with Crippen LogP contribution in [0.5, 0.6) is 0 Å². The molecule has 0 spiro atoms. The number of sulfonamides is 1. The molecule has 0 bridgehead atoms. The van der Waals surface area contributed by atoms with Crippen LogP contribution in [0, 0.1) is 0 Å². The van der Waals surface area contributed by atoms with Crippen molar-refractivity contribution in [3.8, 4) is 0 Å². The molecule has 142 valence electrons. The van der Waals surface area contributed by atoms with Crippen LogP contribution in [0.2, 0.25) is 0 Å². The van der Waals surface area contributed by atoms with Gasteiger partial charge in [0.1, 0.15) is 6.54 Å². The van der Waals surface area contributed by atoms with E-state index in [1.807, 2.05) is 12.1 Å². The molecule has 2 aromatic carbocycles. The van der Waals surface area contributed by atoms with Crippen LogP contribution in [-0.2, 0) is 14.8 Å². The van der Waals surface area contributed by atoms with Gasteiger partial charge in [0.05, 0.1) is 10.6 Å². The minimum absolute atomic E-state index is 0.0695. The number of anilines is 1. The summed E-state index contributed by atoms with van der Waals surface area (Å²) in [5.41, 5.74) is 0.464. The van der Waals surface area contributed by atoms with Gasteiger partial charge in [0, 0.05) is 11.4 Å².